The van der Waals surface area contributed by atoms with Crippen molar-refractivity contribution in [2.45, 2.75) is 32.8 Å². The van der Waals surface area contributed by atoms with Gasteiger partial charge in [-0.3, -0.25) is 9.59 Å². The fourth-order valence-electron chi connectivity index (χ4n) is 2.99. The van der Waals surface area contributed by atoms with Gasteiger partial charge in [-0.25, -0.2) is 0 Å². The van der Waals surface area contributed by atoms with E-state index < -0.39 is 5.60 Å². The lowest BCUT2D eigenvalue weighted by atomic mass is 9.93. The van der Waals surface area contributed by atoms with E-state index in [0.717, 1.165) is 0 Å². The molecule has 1 atom stereocenters. The fraction of sp³-hybridized carbons (Fsp3) is 0.600. The van der Waals surface area contributed by atoms with Gasteiger partial charge in [0.15, 0.2) is 6.61 Å². The van der Waals surface area contributed by atoms with E-state index in [4.69, 9.17) is 14.2 Å². The highest BCUT2D eigenvalue weighted by atomic mass is 16.5. The molecule has 1 unspecified atom stereocenters. The predicted molar refractivity (Wildman–Crippen MR) is 103 cm³/mol. The Morgan fingerprint density at radius 1 is 1.22 bits per heavy atom. The number of methoxy groups -OCH3 is 1. The van der Waals surface area contributed by atoms with Gasteiger partial charge < -0.3 is 24.4 Å². The Hall–Kier alpha value is -2.12. The van der Waals surface area contributed by atoms with Crippen LogP contribution in [0.3, 0.4) is 0 Å². The SMILES string of the molecule is COC(C)(CC(C)C)C(=O)Nc1ccc(OCC(=O)N2CCOCC2)cc1. The molecular weight excluding hydrogens is 348 g/mol. The topological polar surface area (TPSA) is 77.1 Å². The van der Waals surface area contributed by atoms with Crippen LogP contribution in [0, 0.1) is 5.92 Å². The summed E-state index contributed by atoms with van der Waals surface area (Å²) in [7, 11) is 1.55. The predicted octanol–water partition coefficient (Wildman–Crippen LogP) is 2.31. The molecule has 0 bridgehead atoms. The molecule has 7 nitrogen and oxygen atoms in total. The monoisotopic (exact) mass is 378 g/mol. The normalized spacial score (nSPS) is 16.7. The van der Waals surface area contributed by atoms with E-state index in [1.807, 2.05) is 0 Å². The molecule has 1 fully saturated rings. The number of amides is 2. The van der Waals surface area contributed by atoms with Gasteiger partial charge >= 0.3 is 0 Å². The molecule has 1 aromatic carbocycles. The highest BCUT2D eigenvalue weighted by molar-refractivity contribution is 5.97. The van der Waals surface area contributed by atoms with Gasteiger partial charge in [-0.1, -0.05) is 13.8 Å². The average molecular weight is 378 g/mol. The molecule has 2 rings (SSSR count). The quantitative estimate of drug-likeness (QED) is 0.751. The first-order chi connectivity index (χ1) is 12.8. The first kappa shape index (κ1) is 21.2. The van der Waals surface area contributed by atoms with Crippen LogP contribution < -0.4 is 10.1 Å². The molecule has 1 aliphatic rings. The Morgan fingerprint density at radius 2 is 1.85 bits per heavy atom. The minimum atomic E-state index is -0.881. The van der Waals surface area contributed by atoms with E-state index in [-0.39, 0.29) is 18.4 Å². The van der Waals surface area contributed by atoms with E-state index in [9.17, 15) is 9.59 Å². The number of nitrogens with one attached hydrogen (secondary N) is 1. The number of benzene rings is 1. The molecule has 1 aromatic rings. The molecule has 2 amide bonds. The summed E-state index contributed by atoms with van der Waals surface area (Å²) < 4.78 is 16.2. The lowest BCUT2D eigenvalue weighted by Gasteiger charge is -2.28. The third kappa shape index (κ3) is 6.22. The van der Waals surface area contributed by atoms with Crippen molar-refractivity contribution in [1.29, 1.82) is 0 Å². The van der Waals surface area contributed by atoms with Crippen molar-refractivity contribution in [1.82, 2.24) is 4.90 Å². The average Bonchev–Trinajstić information content (AvgIpc) is 2.67. The number of rotatable bonds is 8. The first-order valence-electron chi connectivity index (χ1n) is 9.29. The minimum absolute atomic E-state index is 0.0121. The van der Waals surface area contributed by atoms with Crippen molar-refractivity contribution in [3.8, 4) is 5.75 Å². The molecule has 1 saturated heterocycles. The number of carbonyl (C=O) groups excluding carboxylic acids is 2. The van der Waals surface area contributed by atoms with E-state index in [1.54, 1.807) is 43.2 Å². The van der Waals surface area contributed by atoms with Crippen LogP contribution >= 0.6 is 0 Å². The molecule has 0 spiro atoms. The number of carbonyl (C=O) groups is 2. The second-order valence-corrected chi connectivity index (χ2v) is 7.29. The highest BCUT2D eigenvalue weighted by Crippen LogP contribution is 2.23. The number of nitrogens with zero attached hydrogens (tertiary/aromatic N) is 1. The summed E-state index contributed by atoms with van der Waals surface area (Å²) >= 11 is 0. The van der Waals surface area contributed by atoms with Gasteiger partial charge in [0.05, 0.1) is 13.2 Å². The molecule has 0 aromatic heterocycles. The third-order valence-corrected chi connectivity index (χ3v) is 4.57. The standard InChI is InChI=1S/C20H30N2O5/c1-15(2)13-20(3,25-4)19(24)21-16-5-7-17(8-6-16)27-14-18(23)22-9-11-26-12-10-22/h5-8,15H,9-14H2,1-4H3,(H,21,24). The Balaban J connectivity index is 1.87. The highest BCUT2D eigenvalue weighted by Gasteiger charge is 2.33. The van der Waals surface area contributed by atoms with Gasteiger partial charge in [-0.05, 0) is 43.5 Å². The Kier molecular flexibility index (Phi) is 7.62. The molecule has 0 aliphatic carbocycles. The van der Waals surface area contributed by atoms with Crippen LogP contribution in [0.15, 0.2) is 24.3 Å². The minimum Gasteiger partial charge on any atom is -0.484 e. The molecular formula is C20H30N2O5. The molecule has 1 N–H and O–H groups in total. The van der Waals surface area contributed by atoms with Crippen molar-refractivity contribution in [2.75, 3.05) is 45.3 Å². The van der Waals surface area contributed by atoms with Crippen molar-refractivity contribution >= 4 is 17.5 Å². The van der Waals surface area contributed by atoms with E-state index in [1.165, 1.54) is 0 Å². The van der Waals surface area contributed by atoms with Crippen LogP contribution in [0.4, 0.5) is 5.69 Å². The zero-order valence-corrected chi connectivity index (χ0v) is 16.6. The smallest absolute Gasteiger partial charge is 0.260 e. The van der Waals surface area contributed by atoms with E-state index in [2.05, 4.69) is 19.2 Å². The van der Waals surface area contributed by atoms with Crippen LogP contribution in [0.5, 0.6) is 5.75 Å². The summed E-state index contributed by atoms with van der Waals surface area (Å²) in [6, 6.07) is 6.96. The molecule has 27 heavy (non-hydrogen) atoms. The number of ether oxygens (including phenoxy) is 3. The molecule has 150 valence electrons. The van der Waals surface area contributed by atoms with E-state index >= 15 is 0 Å². The largest absolute Gasteiger partial charge is 0.484 e. The van der Waals surface area contributed by atoms with Gasteiger partial charge in [0.2, 0.25) is 0 Å². The Bertz CT molecular complexity index is 626. The van der Waals surface area contributed by atoms with Gasteiger partial charge in [-0.2, -0.15) is 0 Å². The molecule has 0 saturated carbocycles. The molecule has 7 heteroatoms. The van der Waals surface area contributed by atoms with E-state index in [0.29, 0.717) is 50.1 Å². The zero-order chi connectivity index (χ0) is 19.9. The van der Waals surface area contributed by atoms with Crippen LogP contribution in [-0.2, 0) is 19.1 Å². The van der Waals surface area contributed by atoms with Crippen molar-refractivity contribution in [3.63, 3.8) is 0 Å². The van der Waals surface area contributed by atoms with Crippen LogP contribution in [0.25, 0.3) is 0 Å². The number of morpholine rings is 1. The zero-order valence-electron chi connectivity index (χ0n) is 16.6. The van der Waals surface area contributed by atoms with Gasteiger partial charge in [0.1, 0.15) is 11.4 Å². The maximum Gasteiger partial charge on any atom is 0.260 e. The lowest BCUT2D eigenvalue weighted by molar-refractivity contribution is -0.137. The summed E-state index contributed by atoms with van der Waals surface area (Å²) in [5.74, 6) is 0.668. The van der Waals surface area contributed by atoms with Crippen LogP contribution in [0.1, 0.15) is 27.2 Å². The molecule has 1 aliphatic heterocycles. The van der Waals surface area contributed by atoms with Gasteiger partial charge in [0.25, 0.3) is 11.8 Å². The van der Waals surface area contributed by atoms with Crippen molar-refractivity contribution in [3.05, 3.63) is 24.3 Å². The summed E-state index contributed by atoms with van der Waals surface area (Å²) in [4.78, 5) is 26.4. The maximum absolute atomic E-state index is 12.5. The second kappa shape index (κ2) is 9.71. The number of anilines is 1. The summed E-state index contributed by atoms with van der Waals surface area (Å²) in [5.41, 5.74) is -0.229. The number of hydrogen-bond acceptors (Lipinski definition) is 5. The Labute approximate surface area is 161 Å². The summed E-state index contributed by atoms with van der Waals surface area (Å²) in [5, 5.41) is 2.87. The maximum atomic E-state index is 12.5. The number of hydrogen-bond donors (Lipinski definition) is 1. The van der Waals surface area contributed by atoms with Crippen LogP contribution in [-0.4, -0.2) is 62.3 Å². The fourth-order valence-corrected chi connectivity index (χ4v) is 2.99. The summed E-state index contributed by atoms with van der Waals surface area (Å²) in [6.07, 6.45) is 0.625. The summed E-state index contributed by atoms with van der Waals surface area (Å²) in [6.45, 7) is 8.21. The van der Waals surface area contributed by atoms with Crippen molar-refractivity contribution in [2.24, 2.45) is 5.92 Å². The molecule has 0 radical (unpaired) electrons. The third-order valence-electron chi connectivity index (χ3n) is 4.57. The lowest BCUT2D eigenvalue weighted by Crippen LogP contribution is -2.43. The van der Waals surface area contributed by atoms with Crippen molar-refractivity contribution < 1.29 is 23.8 Å². The van der Waals surface area contributed by atoms with Gasteiger partial charge in [0, 0.05) is 25.9 Å². The second-order valence-electron chi connectivity index (χ2n) is 7.29. The van der Waals surface area contributed by atoms with Crippen LogP contribution in [0.2, 0.25) is 0 Å². The van der Waals surface area contributed by atoms with Gasteiger partial charge in [-0.15, -0.1) is 0 Å². The molecule has 1 heterocycles. The Morgan fingerprint density at radius 3 is 2.41 bits per heavy atom. The first-order valence-corrected chi connectivity index (χ1v) is 9.29.